The zero-order valence-corrected chi connectivity index (χ0v) is 7.42. The number of hydrogen-bond acceptors (Lipinski definition) is 3. The maximum Gasteiger partial charge on any atom is 1.00 e. The molecule has 5 heteroatoms. The van der Waals surface area contributed by atoms with Crippen molar-refractivity contribution in [3.63, 3.8) is 0 Å². The summed E-state index contributed by atoms with van der Waals surface area (Å²) < 4.78 is 4.25. The van der Waals surface area contributed by atoms with E-state index in [1.807, 2.05) is 0 Å². The molecule has 0 radical (unpaired) electrons. The maximum absolute atomic E-state index is 4.64. The molecule has 0 aliphatic rings. The van der Waals surface area contributed by atoms with E-state index in [0.29, 0.717) is 0 Å². The second kappa shape index (κ2) is 3.74. The fraction of sp³-hybridized carbons (Fsp3) is 0. The van der Waals surface area contributed by atoms with Gasteiger partial charge in [-0.3, -0.25) is 0 Å². The number of nitrogens with zero attached hydrogens (tertiary/aromatic N) is 2. The van der Waals surface area contributed by atoms with Crippen LogP contribution in [0.2, 0.25) is 0 Å². The first-order valence-electron chi connectivity index (χ1n) is 1.34. The van der Waals surface area contributed by atoms with Gasteiger partial charge in [-0.05, 0) is 0 Å². The smallest absolute Gasteiger partial charge is 0.528 e. The molecule has 0 saturated carbocycles. The molecule has 2 nitrogen and oxygen atoms in total. The summed E-state index contributed by atoms with van der Waals surface area (Å²) in [6.07, 6.45) is 1.56. The van der Waals surface area contributed by atoms with Gasteiger partial charge in [-0.15, -0.1) is 0 Å². The monoisotopic (exact) mass is 140 g/mol. The summed E-state index contributed by atoms with van der Waals surface area (Å²) in [6.45, 7) is 0. The summed E-state index contributed by atoms with van der Waals surface area (Å²) in [6, 6.07) is 0. The Hall–Kier alpha value is 0.780. The summed E-state index contributed by atoms with van der Waals surface area (Å²) in [5, 5.41) is 3.49. The van der Waals surface area contributed by atoms with Crippen LogP contribution in [0.15, 0.2) is 6.20 Å². The minimum Gasteiger partial charge on any atom is -0.528 e. The van der Waals surface area contributed by atoms with E-state index in [4.69, 9.17) is 0 Å². The predicted molar refractivity (Wildman–Crippen MR) is 26.3 cm³/mol. The van der Waals surface area contributed by atoms with Gasteiger partial charge in [-0.1, -0.05) is 12.2 Å². The summed E-state index contributed by atoms with van der Waals surface area (Å²) >= 11 is 5.87. The Bertz CT molecular complexity index is 151. The Morgan fingerprint density at radius 1 is 1.86 bits per heavy atom. The van der Waals surface area contributed by atoms with Crippen molar-refractivity contribution >= 4 is 23.8 Å². The van der Waals surface area contributed by atoms with Crippen molar-refractivity contribution < 1.29 is 29.6 Å². The third kappa shape index (κ3) is 2.56. The van der Waals surface area contributed by atoms with Gasteiger partial charge in [0.2, 0.25) is 0 Å². The molecule has 0 saturated heterocycles. The van der Waals surface area contributed by atoms with Crippen molar-refractivity contribution in [2.24, 2.45) is 0 Å². The molecule has 0 bridgehead atoms. The summed E-state index contributed by atoms with van der Waals surface area (Å²) in [5.74, 6) is 0. The molecule has 1 aromatic heterocycles. The van der Waals surface area contributed by atoms with E-state index in [2.05, 4.69) is 21.8 Å². The van der Waals surface area contributed by atoms with Gasteiger partial charge in [0.1, 0.15) is 0 Å². The van der Waals surface area contributed by atoms with E-state index in [-0.39, 0.29) is 29.6 Å². The minimum absolute atomic E-state index is 0. The second-order valence-corrected chi connectivity index (χ2v) is 2.22. The average molecular weight is 140 g/mol. The Morgan fingerprint density at radius 2 is 2.57 bits per heavy atom. The Kier molecular flexibility index (Phi) is 4.16. The molecule has 0 fully saturated rings. The molecule has 1 rings (SSSR count). The Morgan fingerprint density at radius 3 is 2.71 bits per heavy atom. The molecule has 0 amide bonds. The second-order valence-electron chi connectivity index (χ2n) is 0.737. The van der Waals surface area contributed by atoms with E-state index < -0.39 is 0 Å². The van der Waals surface area contributed by atoms with Gasteiger partial charge in [0.25, 0.3) is 0 Å². The van der Waals surface area contributed by atoms with Crippen LogP contribution in [0.25, 0.3) is 0 Å². The van der Waals surface area contributed by atoms with Gasteiger partial charge in [0, 0.05) is 6.20 Å². The molecule has 1 heterocycles. The first-order chi connectivity index (χ1) is 2.89. The molecular weight excluding hydrogens is 139 g/mol. The fourth-order valence-electron chi connectivity index (χ4n) is 0.158. The Balaban J connectivity index is 0.000000360. The minimum atomic E-state index is 0. The summed E-state index contributed by atoms with van der Waals surface area (Å²) in [7, 11) is 0. The van der Waals surface area contributed by atoms with E-state index in [0.717, 1.165) is 3.82 Å². The molecule has 0 atom stereocenters. The fourth-order valence-corrected chi connectivity index (χ4v) is 0.574. The van der Waals surface area contributed by atoms with Crippen LogP contribution in [0, 0.1) is 3.82 Å². The van der Waals surface area contributed by atoms with E-state index >= 15 is 0 Å². The third-order valence-corrected chi connectivity index (χ3v) is 1.13. The van der Waals surface area contributed by atoms with Crippen LogP contribution in [0.4, 0.5) is 0 Å². The molecule has 7 heavy (non-hydrogen) atoms. The quantitative estimate of drug-likeness (QED) is 0.303. The normalized spacial score (nSPS) is 7.43. The zero-order valence-electron chi connectivity index (χ0n) is 3.79. The van der Waals surface area contributed by atoms with E-state index in [9.17, 15) is 0 Å². The topological polar surface area (TPSA) is 27.0 Å². The van der Waals surface area contributed by atoms with Gasteiger partial charge in [-0.25, -0.2) is 11.5 Å². The van der Waals surface area contributed by atoms with Crippen LogP contribution >= 0.6 is 23.8 Å². The SMILES string of the molecule is S=c1cn[n-]s1.[Na+]. The zero-order chi connectivity index (χ0) is 4.41. The third-order valence-electron chi connectivity index (χ3n) is 0.341. The molecule has 0 aliphatic carbocycles. The first kappa shape index (κ1) is 7.78. The number of rotatable bonds is 0. The number of aromatic nitrogens is 2. The van der Waals surface area contributed by atoms with Crippen molar-refractivity contribution in [2.75, 3.05) is 0 Å². The van der Waals surface area contributed by atoms with Crippen LogP contribution in [-0.4, -0.2) is 5.10 Å². The molecule has 32 valence electrons. The summed E-state index contributed by atoms with van der Waals surface area (Å²) in [5.41, 5.74) is 0. The average Bonchev–Trinajstić information content (AvgIpc) is 1.86. The molecule has 0 spiro atoms. The van der Waals surface area contributed by atoms with Gasteiger partial charge < -0.3 is 9.59 Å². The van der Waals surface area contributed by atoms with Crippen molar-refractivity contribution in [1.82, 2.24) is 9.59 Å². The maximum atomic E-state index is 4.64. The van der Waals surface area contributed by atoms with Gasteiger partial charge in [0.05, 0.1) is 3.82 Å². The van der Waals surface area contributed by atoms with E-state index in [1.54, 1.807) is 6.20 Å². The van der Waals surface area contributed by atoms with Crippen LogP contribution in [-0.2, 0) is 0 Å². The number of hydrogen-bond donors (Lipinski definition) is 0. The molecule has 0 aliphatic heterocycles. The first-order valence-corrected chi connectivity index (χ1v) is 2.52. The van der Waals surface area contributed by atoms with Crippen LogP contribution < -0.4 is 34.0 Å². The van der Waals surface area contributed by atoms with Crippen LogP contribution in [0.5, 0.6) is 0 Å². The molecule has 1 aromatic rings. The summed E-state index contributed by atoms with van der Waals surface area (Å²) in [4.78, 5) is 0. The standard InChI is InChI=1S/C2H2N2S2.Na/c5-2-1-3-4-6-2;/h1H,(H,4,5);/q;+1/p-1. The van der Waals surface area contributed by atoms with Crippen molar-refractivity contribution in [1.29, 1.82) is 0 Å². The van der Waals surface area contributed by atoms with Crippen LogP contribution in [0.3, 0.4) is 0 Å². The largest absolute Gasteiger partial charge is 1.00 e. The van der Waals surface area contributed by atoms with Crippen molar-refractivity contribution in [3.05, 3.63) is 10.0 Å². The Labute approximate surface area is 72.4 Å². The van der Waals surface area contributed by atoms with Gasteiger partial charge in [0.15, 0.2) is 0 Å². The van der Waals surface area contributed by atoms with Crippen molar-refractivity contribution in [3.8, 4) is 0 Å². The molecule has 0 N–H and O–H groups in total. The van der Waals surface area contributed by atoms with E-state index in [1.165, 1.54) is 11.5 Å². The molecular formula is C2HN2NaS2. The van der Waals surface area contributed by atoms with Crippen LogP contribution in [0.1, 0.15) is 0 Å². The van der Waals surface area contributed by atoms with Gasteiger partial charge in [-0.2, -0.15) is 0 Å². The van der Waals surface area contributed by atoms with Crippen molar-refractivity contribution in [2.45, 2.75) is 0 Å². The van der Waals surface area contributed by atoms with Gasteiger partial charge >= 0.3 is 29.6 Å². The molecule has 0 aromatic carbocycles. The molecule has 0 unspecified atom stereocenters. The predicted octanol–water partition coefficient (Wildman–Crippen LogP) is -2.17.